The summed E-state index contributed by atoms with van der Waals surface area (Å²) in [5.41, 5.74) is 0.907. The van der Waals surface area contributed by atoms with Crippen LogP contribution in [0.3, 0.4) is 0 Å². The largest absolute Gasteiger partial charge is 0.478 e. The zero-order chi connectivity index (χ0) is 15.8. The van der Waals surface area contributed by atoms with Crippen LogP contribution in [0.2, 0.25) is 0 Å². The van der Waals surface area contributed by atoms with Gasteiger partial charge in [-0.2, -0.15) is 5.10 Å². The highest BCUT2D eigenvalue weighted by Gasteiger charge is 2.20. The van der Waals surface area contributed by atoms with E-state index >= 15 is 0 Å². The molecule has 1 aromatic heterocycles. The molecule has 0 aliphatic rings. The number of rotatable bonds is 4. The van der Waals surface area contributed by atoms with E-state index in [1.165, 1.54) is 22.9 Å². The second kappa shape index (κ2) is 5.49. The second-order valence-corrected chi connectivity index (χ2v) is 6.86. The molecule has 0 unspecified atom stereocenters. The van der Waals surface area contributed by atoms with Gasteiger partial charge in [-0.3, -0.25) is 9.40 Å². The normalized spacial score (nSPS) is 11.4. The molecule has 2 N–H and O–H groups in total. The standard InChI is InChI=1S/C12H12BrN3O4S/c1-7-10(6-16(2)14-7)15-21(19,20)11-4-3-8(12(17)18)5-9(11)13/h3-6,15H,1-2H3,(H,17,18). The first kappa shape index (κ1) is 15.5. The van der Waals surface area contributed by atoms with Gasteiger partial charge in [-0.15, -0.1) is 0 Å². The molecule has 2 rings (SSSR count). The molecule has 0 amide bonds. The number of anilines is 1. The first-order valence-corrected chi connectivity index (χ1v) is 8.04. The van der Waals surface area contributed by atoms with Crippen LogP contribution in [0, 0.1) is 6.92 Å². The molecule has 1 aromatic carbocycles. The second-order valence-electron chi connectivity index (χ2n) is 4.36. The van der Waals surface area contributed by atoms with Crippen molar-refractivity contribution in [3.05, 3.63) is 40.1 Å². The van der Waals surface area contributed by atoms with E-state index in [4.69, 9.17) is 5.11 Å². The summed E-state index contributed by atoms with van der Waals surface area (Å²) in [7, 11) is -2.16. The van der Waals surface area contributed by atoms with Crippen LogP contribution >= 0.6 is 15.9 Å². The molecule has 0 saturated heterocycles. The molecule has 0 fully saturated rings. The number of aryl methyl sites for hydroxylation is 2. The monoisotopic (exact) mass is 373 g/mol. The van der Waals surface area contributed by atoms with Crippen molar-refractivity contribution in [3.8, 4) is 0 Å². The molecule has 0 saturated carbocycles. The lowest BCUT2D eigenvalue weighted by atomic mass is 10.2. The Bertz CT molecular complexity index is 814. The first-order chi connectivity index (χ1) is 9.70. The van der Waals surface area contributed by atoms with Crippen molar-refractivity contribution in [2.75, 3.05) is 4.72 Å². The number of nitrogens with one attached hydrogen (secondary N) is 1. The predicted molar refractivity (Wildman–Crippen MR) is 79.9 cm³/mol. The summed E-state index contributed by atoms with van der Waals surface area (Å²) in [6.45, 7) is 1.68. The molecular weight excluding hydrogens is 362 g/mol. The molecule has 7 nitrogen and oxygen atoms in total. The Morgan fingerprint density at radius 3 is 2.57 bits per heavy atom. The minimum Gasteiger partial charge on any atom is -0.478 e. The van der Waals surface area contributed by atoms with Gasteiger partial charge < -0.3 is 5.11 Å². The molecule has 0 aliphatic heterocycles. The average Bonchev–Trinajstić information content (AvgIpc) is 2.66. The Morgan fingerprint density at radius 1 is 1.43 bits per heavy atom. The maximum Gasteiger partial charge on any atom is 0.335 e. The number of hydrogen-bond acceptors (Lipinski definition) is 4. The minimum atomic E-state index is -3.84. The summed E-state index contributed by atoms with van der Waals surface area (Å²) >= 11 is 3.09. The number of sulfonamides is 1. The molecule has 0 bridgehead atoms. The van der Waals surface area contributed by atoms with Gasteiger partial charge in [0.2, 0.25) is 0 Å². The maximum atomic E-state index is 12.3. The van der Waals surface area contributed by atoms with E-state index in [-0.39, 0.29) is 14.9 Å². The molecular formula is C12H12BrN3O4S. The van der Waals surface area contributed by atoms with Gasteiger partial charge >= 0.3 is 5.97 Å². The van der Waals surface area contributed by atoms with Crippen molar-refractivity contribution in [1.29, 1.82) is 0 Å². The van der Waals surface area contributed by atoms with E-state index in [1.807, 2.05) is 0 Å². The SMILES string of the molecule is Cc1nn(C)cc1NS(=O)(=O)c1ccc(C(=O)O)cc1Br. The summed E-state index contributed by atoms with van der Waals surface area (Å²) in [6, 6.07) is 3.71. The Hall–Kier alpha value is -1.87. The molecule has 9 heteroatoms. The van der Waals surface area contributed by atoms with Gasteiger partial charge in [-0.05, 0) is 41.1 Å². The van der Waals surface area contributed by atoms with Crippen LogP contribution in [0.4, 0.5) is 5.69 Å². The van der Waals surface area contributed by atoms with Gasteiger partial charge in [0.05, 0.1) is 16.9 Å². The molecule has 2 aromatic rings. The molecule has 1 heterocycles. The number of hydrogen-bond donors (Lipinski definition) is 2. The van der Waals surface area contributed by atoms with Crippen molar-refractivity contribution in [2.24, 2.45) is 7.05 Å². The Labute approximate surface area is 129 Å². The van der Waals surface area contributed by atoms with Crippen molar-refractivity contribution in [2.45, 2.75) is 11.8 Å². The summed E-state index contributed by atoms with van der Waals surface area (Å²) in [5.74, 6) is -1.13. The number of carboxylic acid groups (broad SMARTS) is 1. The van der Waals surface area contributed by atoms with Crippen LogP contribution in [0.25, 0.3) is 0 Å². The third kappa shape index (κ3) is 3.24. The van der Waals surface area contributed by atoms with Crippen LogP contribution < -0.4 is 4.72 Å². The van der Waals surface area contributed by atoms with Crippen molar-refractivity contribution in [1.82, 2.24) is 9.78 Å². The third-order valence-corrected chi connectivity index (χ3v) is 5.07. The lowest BCUT2D eigenvalue weighted by Crippen LogP contribution is -2.14. The van der Waals surface area contributed by atoms with Crippen LogP contribution in [0.15, 0.2) is 33.8 Å². The van der Waals surface area contributed by atoms with Gasteiger partial charge in [0.25, 0.3) is 10.0 Å². The highest BCUT2D eigenvalue weighted by molar-refractivity contribution is 9.10. The van der Waals surface area contributed by atoms with Crippen molar-refractivity contribution >= 4 is 37.6 Å². The number of aromatic carboxylic acids is 1. The Balaban J connectivity index is 2.40. The average molecular weight is 374 g/mol. The van der Waals surface area contributed by atoms with Gasteiger partial charge in [-0.1, -0.05) is 0 Å². The molecule has 0 atom stereocenters. The van der Waals surface area contributed by atoms with Gasteiger partial charge in [0.1, 0.15) is 4.90 Å². The topological polar surface area (TPSA) is 101 Å². The quantitative estimate of drug-likeness (QED) is 0.852. The number of nitrogens with zero attached hydrogens (tertiary/aromatic N) is 2. The van der Waals surface area contributed by atoms with Crippen LogP contribution in [-0.4, -0.2) is 29.3 Å². The molecule has 0 spiro atoms. The fraction of sp³-hybridized carbons (Fsp3) is 0.167. The van der Waals surface area contributed by atoms with Gasteiger partial charge in [0.15, 0.2) is 0 Å². The van der Waals surface area contributed by atoms with Crippen LogP contribution in [-0.2, 0) is 17.1 Å². The lowest BCUT2D eigenvalue weighted by molar-refractivity contribution is 0.0696. The Kier molecular flexibility index (Phi) is 4.06. The molecule has 0 aliphatic carbocycles. The van der Waals surface area contributed by atoms with E-state index in [9.17, 15) is 13.2 Å². The van der Waals surface area contributed by atoms with Crippen molar-refractivity contribution in [3.63, 3.8) is 0 Å². The molecule has 0 radical (unpaired) electrons. The predicted octanol–water partition coefficient (Wildman–Crippen LogP) is 1.99. The maximum absolute atomic E-state index is 12.3. The van der Waals surface area contributed by atoms with E-state index in [2.05, 4.69) is 25.8 Å². The summed E-state index contributed by atoms with van der Waals surface area (Å²) in [6.07, 6.45) is 1.55. The van der Waals surface area contributed by atoms with Gasteiger partial charge in [-0.25, -0.2) is 13.2 Å². The van der Waals surface area contributed by atoms with Gasteiger partial charge in [0, 0.05) is 17.7 Å². The van der Waals surface area contributed by atoms with Crippen LogP contribution in [0.5, 0.6) is 0 Å². The number of carbonyl (C=O) groups is 1. The summed E-state index contributed by atoms with van der Waals surface area (Å²) in [4.78, 5) is 10.8. The van der Waals surface area contributed by atoms with E-state index in [1.54, 1.807) is 20.2 Å². The van der Waals surface area contributed by atoms with Crippen molar-refractivity contribution < 1.29 is 18.3 Å². The summed E-state index contributed by atoms with van der Waals surface area (Å²) < 4.78 is 28.8. The highest BCUT2D eigenvalue weighted by Crippen LogP contribution is 2.26. The molecule has 21 heavy (non-hydrogen) atoms. The fourth-order valence-corrected chi connectivity index (χ4v) is 3.93. The zero-order valence-corrected chi connectivity index (χ0v) is 13.6. The fourth-order valence-electron chi connectivity index (χ4n) is 1.75. The van der Waals surface area contributed by atoms with E-state index in [0.29, 0.717) is 11.4 Å². The lowest BCUT2D eigenvalue weighted by Gasteiger charge is -2.09. The number of benzene rings is 1. The van der Waals surface area contributed by atoms with E-state index in [0.717, 1.165) is 0 Å². The highest BCUT2D eigenvalue weighted by atomic mass is 79.9. The zero-order valence-electron chi connectivity index (χ0n) is 11.2. The number of halogens is 1. The molecule has 112 valence electrons. The summed E-state index contributed by atoms with van der Waals surface area (Å²) in [5, 5.41) is 12.9. The first-order valence-electron chi connectivity index (χ1n) is 5.76. The van der Waals surface area contributed by atoms with Crippen LogP contribution in [0.1, 0.15) is 16.1 Å². The third-order valence-electron chi connectivity index (χ3n) is 2.73. The number of carboxylic acids is 1. The Morgan fingerprint density at radius 2 is 2.10 bits per heavy atom. The van der Waals surface area contributed by atoms with E-state index < -0.39 is 16.0 Å². The smallest absolute Gasteiger partial charge is 0.335 e. The minimum absolute atomic E-state index is 0.00150. The number of aromatic nitrogens is 2.